The van der Waals surface area contributed by atoms with E-state index < -0.39 is 0 Å². The lowest BCUT2D eigenvalue weighted by Gasteiger charge is -1.98. The quantitative estimate of drug-likeness (QED) is 0.593. The van der Waals surface area contributed by atoms with Crippen molar-refractivity contribution in [1.29, 1.82) is 5.41 Å². The first kappa shape index (κ1) is 9.03. The van der Waals surface area contributed by atoms with E-state index in [1.807, 2.05) is 6.20 Å². The molecule has 0 atom stereocenters. The molecule has 1 fully saturated rings. The van der Waals surface area contributed by atoms with Gasteiger partial charge in [0.25, 0.3) is 0 Å². The average Bonchev–Trinajstić information content (AvgIpc) is 2.71. The van der Waals surface area contributed by atoms with Crippen molar-refractivity contribution < 1.29 is 0 Å². The van der Waals surface area contributed by atoms with E-state index in [-0.39, 0.29) is 0 Å². The van der Waals surface area contributed by atoms with Crippen molar-refractivity contribution in [2.24, 2.45) is 5.92 Å². The van der Waals surface area contributed by atoms with Crippen LogP contribution in [-0.2, 0) is 0 Å². The van der Waals surface area contributed by atoms with Crippen LogP contribution in [-0.4, -0.2) is 12.3 Å². The molecule has 0 radical (unpaired) electrons. The Morgan fingerprint density at radius 2 is 2.36 bits per heavy atom. The number of allylic oxidation sites excluding steroid dienone is 1. The minimum Gasteiger partial charge on any atom is -0.390 e. The number of halogens is 1. The maximum absolute atomic E-state index is 7.29. The second-order valence-electron chi connectivity index (χ2n) is 2.97. The van der Waals surface area contributed by atoms with Crippen molar-refractivity contribution in [2.75, 3.05) is 6.54 Å². The standard InChI is InChI=1S/C8H13IN2/c1-6(10)8(9)5-11-4-7-2-3-7/h5,7,10-11H,2-4H2,1H3/b8-5+,10-6?. The summed E-state index contributed by atoms with van der Waals surface area (Å²) in [4.78, 5) is 0. The van der Waals surface area contributed by atoms with E-state index in [9.17, 15) is 0 Å². The molecular weight excluding hydrogens is 251 g/mol. The number of hydrogen-bond acceptors (Lipinski definition) is 2. The number of hydrogen-bond donors (Lipinski definition) is 2. The van der Waals surface area contributed by atoms with Gasteiger partial charge in [0.15, 0.2) is 0 Å². The van der Waals surface area contributed by atoms with Gasteiger partial charge in [0.2, 0.25) is 0 Å². The van der Waals surface area contributed by atoms with Crippen LogP contribution in [0.15, 0.2) is 9.78 Å². The van der Waals surface area contributed by atoms with Gasteiger partial charge in [0, 0.05) is 22.0 Å². The van der Waals surface area contributed by atoms with Crippen LogP contribution in [0.4, 0.5) is 0 Å². The largest absolute Gasteiger partial charge is 0.390 e. The van der Waals surface area contributed by atoms with Crippen LogP contribution in [0.5, 0.6) is 0 Å². The molecule has 62 valence electrons. The summed E-state index contributed by atoms with van der Waals surface area (Å²) in [7, 11) is 0. The second kappa shape index (κ2) is 4.09. The molecule has 1 rings (SSSR count). The summed E-state index contributed by atoms with van der Waals surface area (Å²) in [6.07, 6.45) is 4.68. The molecular formula is C8H13IN2. The summed E-state index contributed by atoms with van der Waals surface area (Å²) in [6, 6.07) is 0. The van der Waals surface area contributed by atoms with E-state index in [1.165, 1.54) is 12.8 Å². The molecule has 0 aromatic heterocycles. The van der Waals surface area contributed by atoms with Crippen LogP contribution < -0.4 is 5.32 Å². The summed E-state index contributed by atoms with van der Waals surface area (Å²) in [5.74, 6) is 0.904. The van der Waals surface area contributed by atoms with Crippen LogP contribution >= 0.6 is 22.6 Å². The van der Waals surface area contributed by atoms with Crippen LogP contribution in [0.1, 0.15) is 19.8 Å². The highest BCUT2D eigenvalue weighted by Crippen LogP contribution is 2.27. The molecule has 0 aliphatic heterocycles. The summed E-state index contributed by atoms with van der Waals surface area (Å²) in [5, 5.41) is 10.5. The molecule has 0 aromatic rings. The van der Waals surface area contributed by atoms with Crippen LogP contribution in [0.2, 0.25) is 0 Å². The Kier molecular flexibility index (Phi) is 3.36. The van der Waals surface area contributed by atoms with Crippen molar-refractivity contribution >= 4 is 28.3 Å². The first-order chi connectivity index (χ1) is 5.20. The van der Waals surface area contributed by atoms with Crippen LogP contribution in [0.25, 0.3) is 0 Å². The van der Waals surface area contributed by atoms with Crippen molar-refractivity contribution in [3.8, 4) is 0 Å². The highest BCUT2D eigenvalue weighted by molar-refractivity contribution is 14.1. The Morgan fingerprint density at radius 3 is 2.82 bits per heavy atom. The first-order valence-corrected chi connectivity index (χ1v) is 4.92. The van der Waals surface area contributed by atoms with E-state index in [0.717, 1.165) is 16.0 Å². The normalized spacial score (nSPS) is 18.2. The lowest BCUT2D eigenvalue weighted by molar-refractivity contribution is 0.747. The fraction of sp³-hybridized carbons (Fsp3) is 0.625. The Labute approximate surface area is 81.1 Å². The minimum atomic E-state index is 0.633. The topological polar surface area (TPSA) is 35.9 Å². The predicted molar refractivity (Wildman–Crippen MR) is 56.2 cm³/mol. The SMILES string of the molecule is CC(=N)/C(I)=C\NCC1CC1. The molecule has 0 bridgehead atoms. The van der Waals surface area contributed by atoms with Gasteiger partial charge in [-0.05, 0) is 48.3 Å². The Morgan fingerprint density at radius 1 is 1.73 bits per heavy atom. The fourth-order valence-corrected chi connectivity index (χ4v) is 0.966. The average molecular weight is 264 g/mol. The van der Waals surface area contributed by atoms with Gasteiger partial charge in [-0.1, -0.05) is 0 Å². The Bertz CT molecular complexity index is 183. The second-order valence-corrected chi connectivity index (χ2v) is 4.13. The minimum absolute atomic E-state index is 0.633. The van der Waals surface area contributed by atoms with E-state index in [4.69, 9.17) is 5.41 Å². The molecule has 0 heterocycles. The third kappa shape index (κ3) is 3.74. The van der Waals surface area contributed by atoms with Gasteiger partial charge in [-0.2, -0.15) is 0 Å². The molecule has 0 spiro atoms. The molecule has 0 saturated heterocycles. The van der Waals surface area contributed by atoms with Gasteiger partial charge in [-0.15, -0.1) is 0 Å². The lowest BCUT2D eigenvalue weighted by atomic mass is 10.4. The molecule has 1 aliphatic carbocycles. The van der Waals surface area contributed by atoms with Crippen molar-refractivity contribution in [3.05, 3.63) is 9.78 Å². The molecule has 11 heavy (non-hydrogen) atoms. The molecule has 2 N–H and O–H groups in total. The predicted octanol–water partition coefficient (Wildman–Crippen LogP) is 2.30. The number of rotatable bonds is 4. The van der Waals surface area contributed by atoms with Crippen molar-refractivity contribution in [1.82, 2.24) is 5.32 Å². The zero-order valence-electron chi connectivity index (χ0n) is 6.65. The highest BCUT2D eigenvalue weighted by Gasteiger charge is 2.19. The maximum atomic E-state index is 7.29. The monoisotopic (exact) mass is 264 g/mol. The third-order valence-electron chi connectivity index (χ3n) is 1.69. The highest BCUT2D eigenvalue weighted by atomic mass is 127. The van der Waals surface area contributed by atoms with Gasteiger partial charge in [0.05, 0.1) is 0 Å². The van der Waals surface area contributed by atoms with Crippen LogP contribution in [0.3, 0.4) is 0 Å². The molecule has 1 aliphatic rings. The maximum Gasteiger partial charge on any atom is 0.0491 e. The van der Waals surface area contributed by atoms with Gasteiger partial charge in [-0.3, -0.25) is 0 Å². The van der Waals surface area contributed by atoms with Gasteiger partial charge in [0.1, 0.15) is 0 Å². The molecule has 0 aromatic carbocycles. The third-order valence-corrected chi connectivity index (χ3v) is 2.81. The molecule has 2 nitrogen and oxygen atoms in total. The molecule has 1 saturated carbocycles. The Hall–Kier alpha value is -0.0600. The summed E-state index contributed by atoms with van der Waals surface area (Å²) in [5.41, 5.74) is 0.633. The van der Waals surface area contributed by atoms with Gasteiger partial charge < -0.3 is 10.7 Å². The fourth-order valence-electron chi connectivity index (χ4n) is 0.745. The summed E-state index contributed by atoms with van der Waals surface area (Å²) < 4.78 is 1.00. The van der Waals surface area contributed by atoms with Crippen molar-refractivity contribution in [3.63, 3.8) is 0 Å². The zero-order chi connectivity index (χ0) is 8.27. The number of nitrogens with one attached hydrogen (secondary N) is 2. The van der Waals surface area contributed by atoms with Gasteiger partial charge in [-0.25, -0.2) is 0 Å². The van der Waals surface area contributed by atoms with Crippen LogP contribution in [0, 0.1) is 11.3 Å². The lowest BCUT2D eigenvalue weighted by Crippen LogP contribution is -2.10. The molecule has 0 amide bonds. The Balaban J connectivity index is 2.15. The summed E-state index contributed by atoms with van der Waals surface area (Å²) >= 11 is 2.17. The van der Waals surface area contributed by atoms with Crippen molar-refractivity contribution in [2.45, 2.75) is 19.8 Å². The summed E-state index contributed by atoms with van der Waals surface area (Å²) in [6.45, 7) is 2.89. The van der Waals surface area contributed by atoms with E-state index in [1.54, 1.807) is 6.92 Å². The van der Waals surface area contributed by atoms with Gasteiger partial charge >= 0.3 is 0 Å². The molecule has 0 unspecified atom stereocenters. The van der Waals surface area contributed by atoms with E-state index in [2.05, 4.69) is 27.9 Å². The zero-order valence-corrected chi connectivity index (χ0v) is 8.81. The first-order valence-electron chi connectivity index (χ1n) is 3.84. The smallest absolute Gasteiger partial charge is 0.0491 e. The van der Waals surface area contributed by atoms with E-state index >= 15 is 0 Å². The molecule has 3 heteroatoms. The van der Waals surface area contributed by atoms with E-state index in [0.29, 0.717) is 5.71 Å².